The molecular weight excluding hydrogens is 428 g/mol. The first-order valence-corrected chi connectivity index (χ1v) is 10.8. The van der Waals surface area contributed by atoms with Crippen molar-refractivity contribution in [1.29, 1.82) is 0 Å². The molecule has 9 nitrogen and oxygen atoms in total. The molecule has 4 atom stereocenters. The van der Waals surface area contributed by atoms with E-state index in [1.165, 1.54) is 24.3 Å². The summed E-state index contributed by atoms with van der Waals surface area (Å²) in [4.78, 5) is 23.9. The van der Waals surface area contributed by atoms with Crippen LogP contribution in [0.1, 0.15) is 22.8 Å². The van der Waals surface area contributed by atoms with Crippen molar-refractivity contribution in [3.05, 3.63) is 65.7 Å². The summed E-state index contributed by atoms with van der Waals surface area (Å²) in [6.45, 7) is 2.57. The van der Waals surface area contributed by atoms with E-state index in [-0.39, 0.29) is 17.1 Å². The highest BCUT2D eigenvalue weighted by Gasteiger charge is 2.47. The highest BCUT2D eigenvalue weighted by molar-refractivity contribution is 7.86. The molecule has 0 bridgehead atoms. The lowest BCUT2D eigenvalue weighted by atomic mass is 10.0. The maximum absolute atomic E-state index is 12.8. The SMILES string of the molecule is CC(=O)O[C@@H]1CO[C@H](O)[C@H](OC(=O)c2ccccc2)[C@@H]1OS(=O)(=O)c1ccc(C)cc1. The van der Waals surface area contributed by atoms with Gasteiger partial charge >= 0.3 is 11.9 Å². The smallest absolute Gasteiger partial charge is 0.338 e. The van der Waals surface area contributed by atoms with Crippen LogP contribution in [-0.2, 0) is 33.3 Å². The Balaban J connectivity index is 1.91. The van der Waals surface area contributed by atoms with Gasteiger partial charge in [0.1, 0.15) is 0 Å². The van der Waals surface area contributed by atoms with Crippen molar-refractivity contribution in [2.45, 2.75) is 43.3 Å². The monoisotopic (exact) mass is 450 g/mol. The Morgan fingerprint density at radius 2 is 1.65 bits per heavy atom. The number of esters is 2. The van der Waals surface area contributed by atoms with Crippen LogP contribution in [0, 0.1) is 6.92 Å². The summed E-state index contributed by atoms with van der Waals surface area (Å²) in [6, 6.07) is 13.8. The minimum absolute atomic E-state index is 0.145. The zero-order valence-electron chi connectivity index (χ0n) is 16.8. The van der Waals surface area contributed by atoms with Gasteiger partial charge in [0.2, 0.25) is 0 Å². The first-order chi connectivity index (χ1) is 14.7. The van der Waals surface area contributed by atoms with E-state index < -0.39 is 46.7 Å². The molecule has 1 N–H and O–H groups in total. The molecule has 0 spiro atoms. The Morgan fingerprint density at radius 1 is 1.00 bits per heavy atom. The van der Waals surface area contributed by atoms with E-state index in [1.807, 2.05) is 0 Å². The first kappa shape index (κ1) is 22.9. The number of benzene rings is 2. The summed E-state index contributed by atoms with van der Waals surface area (Å²) >= 11 is 0. The van der Waals surface area contributed by atoms with Crippen LogP contribution in [-0.4, -0.2) is 56.7 Å². The van der Waals surface area contributed by atoms with Gasteiger partial charge < -0.3 is 19.3 Å². The maximum atomic E-state index is 12.8. The average Bonchev–Trinajstić information content (AvgIpc) is 2.73. The number of hydrogen-bond acceptors (Lipinski definition) is 9. The molecule has 2 aromatic rings. The predicted molar refractivity (Wildman–Crippen MR) is 106 cm³/mol. The first-order valence-electron chi connectivity index (χ1n) is 9.40. The third-order valence-electron chi connectivity index (χ3n) is 4.52. The van der Waals surface area contributed by atoms with Crippen molar-refractivity contribution in [2.75, 3.05) is 6.61 Å². The lowest BCUT2D eigenvalue weighted by Crippen LogP contribution is -2.57. The second-order valence-electron chi connectivity index (χ2n) is 6.94. The zero-order valence-corrected chi connectivity index (χ0v) is 17.7. The highest BCUT2D eigenvalue weighted by Crippen LogP contribution is 2.27. The lowest BCUT2D eigenvalue weighted by Gasteiger charge is -2.38. The van der Waals surface area contributed by atoms with Crippen molar-refractivity contribution in [2.24, 2.45) is 0 Å². The van der Waals surface area contributed by atoms with E-state index in [2.05, 4.69) is 0 Å². The van der Waals surface area contributed by atoms with E-state index >= 15 is 0 Å². The summed E-state index contributed by atoms with van der Waals surface area (Å²) in [7, 11) is -4.35. The molecule has 166 valence electrons. The number of aliphatic hydroxyl groups is 1. The molecule has 0 unspecified atom stereocenters. The Hall–Kier alpha value is -2.79. The molecule has 1 fully saturated rings. The third kappa shape index (κ3) is 5.67. The number of rotatable bonds is 6. The van der Waals surface area contributed by atoms with Crippen molar-refractivity contribution in [3.63, 3.8) is 0 Å². The molecule has 3 rings (SSSR count). The molecule has 0 saturated carbocycles. The number of aryl methyl sites for hydroxylation is 1. The number of aliphatic hydroxyl groups excluding tert-OH is 1. The second kappa shape index (κ2) is 9.56. The minimum atomic E-state index is -4.35. The molecule has 0 amide bonds. The van der Waals surface area contributed by atoms with Crippen molar-refractivity contribution in [1.82, 2.24) is 0 Å². The van der Waals surface area contributed by atoms with Crippen LogP contribution in [0.5, 0.6) is 0 Å². The van der Waals surface area contributed by atoms with Crippen LogP contribution in [0.3, 0.4) is 0 Å². The van der Waals surface area contributed by atoms with Crippen LogP contribution in [0.2, 0.25) is 0 Å². The van der Waals surface area contributed by atoms with Crippen molar-refractivity contribution < 1.29 is 41.5 Å². The second-order valence-corrected chi connectivity index (χ2v) is 8.51. The Kier molecular flexibility index (Phi) is 7.06. The fraction of sp³-hybridized carbons (Fsp3) is 0.333. The predicted octanol–water partition coefficient (Wildman–Crippen LogP) is 1.57. The molecule has 1 aliphatic heterocycles. The quantitative estimate of drug-likeness (QED) is 0.516. The molecule has 0 radical (unpaired) electrons. The van der Waals surface area contributed by atoms with Crippen molar-refractivity contribution in [3.8, 4) is 0 Å². The van der Waals surface area contributed by atoms with Crippen LogP contribution in [0.15, 0.2) is 59.5 Å². The number of carbonyl (C=O) groups excluding carboxylic acids is 2. The van der Waals surface area contributed by atoms with Gasteiger partial charge in [-0.3, -0.25) is 8.98 Å². The molecule has 1 aliphatic rings. The summed E-state index contributed by atoms with van der Waals surface area (Å²) in [6.07, 6.45) is -6.05. The van der Waals surface area contributed by atoms with E-state index in [0.29, 0.717) is 0 Å². The van der Waals surface area contributed by atoms with Gasteiger partial charge in [0, 0.05) is 6.92 Å². The van der Waals surface area contributed by atoms with Crippen LogP contribution < -0.4 is 0 Å². The van der Waals surface area contributed by atoms with Gasteiger partial charge in [-0.05, 0) is 31.2 Å². The van der Waals surface area contributed by atoms with E-state index in [0.717, 1.165) is 12.5 Å². The molecule has 10 heteroatoms. The van der Waals surface area contributed by atoms with Crippen LogP contribution >= 0.6 is 0 Å². The fourth-order valence-electron chi connectivity index (χ4n) is 2.99. The van der Waals surface area contributed by atoms with Gasteiger partial charge in [-0.25, -0.2) is 4.79 Å². The molecule has 0 aromatic heterocycles. The molecule has 2 aromatic carbocycles. The van der Waals surface area contributed by atoms with Gasteiger partial charge in [-0.15, -0.1) is 0 Å². The minimum Gasteiger partial charge on any atom is -0.457 e. The summed E-state index contributed by atoms with van der Waals surface area (Å²) < 4.78 is 46.5. The molecule has 1 heterocycles. The standard InChI is InChI=1S/C21H22O9S/c1-13-8-10-16(11-9-13)31(25,26)30-18-17(28-14(2)22)12-27-21(24)19(18)29-20(23)15-6-4-3-5-7-15/h3-11,17-19,21,24H,12H2,1-2H3/t17-,18-,19-,21+/m1/s1. The summed E-state index contributed by atoms with van der Waals surface area (Å²) in [5.41, 5.74) is 1.01. The Morgan fingerprint density at radius 3 is 2.26 bits per heavy atom. The Labute approximate surface area is 179 Å². The van der Waals surface area contributed by atoms with E-state index in [1.54, 1.807) is 37.3 Å². The summed E-state index contributed by atoms with van der Waals surface area (Å²) in [5, 5.41) is 10.3. The largest absolute Gasteiger partial charge is 0.457 e. The lowest BCUT2D eigenvalue weighted by molar-refractivity contribution is -0.250. The zero-order chi connectivity index (χ0) is 22.6. The van der Waals surface area contributed by atoms with Crippen molar-refractivity contribution >= 4 is 22.1 Å². The van der Waals surface area contributed by atoms with E-state index in [9.17, 15) is 23.1 Å². The van der Waals surface area contributed by atoms with Crippen LogP contribution in [0.25, 0.3) is 0 Å². The normalized spacial score (nSPS) is 23.7. The Bertz CT molecular complexity index is 1020. The number of carbonyl (C=O) groups is 2. The van der Waals surface area contributed by atoms with Gasteiger partial charge in [0.05, 0.1) is 17.1 Å². The maximum Gasteiger partial charge on any atom is 0.338 e. The van der Waals surface area contributed by atoms with Crippen LogP contribution in [0.4, 0.5) is 0 Å². The fourth-order valence-corrected chi connectivity index (χ4v) is 4.09. The van der Waals surface area contributed by atoms with Gasteiger partial charge in [-0.1, -0.05) is 35.9 Å². The van der Waals surface area contributed by atoms with Gasteiger partial charge in [0.15, 0.2) is 24.6 Å². The average molecular weight is 450 g/mol. The van der Waals surface area contributed by atoms with E-state index in [4.69, 9.17) is 18.4 Å². The third-order valence-corrected chi connectivity index (χ3v) is 5.85. The van der Waals surface area contributed by atoms with Gasteiger partial charge in [-0.2, -0.15) is 8.42 Å². The van der Waals surface area contributed by atoms with Gasteiger partial charge in [0.25, 0.3) is 10.1 Å². The number of ether oxygens (including phenoxy) is 3. The summed E-state index contributed by atoms with van der Waals surface area (Å²) in [5.74, 6) is -1.56. The molecule has 0 aliphatic carbocycles. The molecule has 1 saturated heterocycles. The topological polar surface area (TPSA) is 125 Å². The number of hydrogen-bond donors (Lipinski definition) is 1. The molecule has 31 heavy (non-hydrogen) atoms. The highest BCUT2D eigenvalue weighted by atomic mass is 32.2. The molecular formula is C21H22O9S.